The van der Waals surface area contributed by atoms with Gasteiger partial charge >= 0.3 is 0 Å². The van der Waals surface area contributed by atoms with E-state index in [9.17, 15) is 4.79 Å². The lowest BCUT2D eigenvalue weighted by Crippen LogP contribution is -2.43. The first-order valence-electron chi connectivity index (χ1n) is 11.7. The van der Waals surface area contributed by atoms with E-state index in [4.69, 9.17) is 5.73 Å². The molecule has 0 bridgehead atoms. The molecule has 1 amide bonds. The molecule has 5 heteroatoms. The molecule has 168 valence electrons. The molecule has 33 heavy (non-hydrogen) atoms. The highest BCUT2D eigenvalue weighted by atomic mass is 16.1. The van der Waals surface area contributed by atoms with Gasteiger partial charge < -0.3 is 21.3 Å². The van der Waals surface area contributed by atoms with Gasteiger partial charge in [-0.1, -0.05) is 42.5 Å². The van der Waals surface area contributed by atoms with E-state index < -0.39 is 0 Å². The molecular formula is C28H30N4O. The van der Waals surface area contributed by atoms with E-state index >= 15 is 0 Å². The lowest BCUT2D eigenvalue weighted by Gasteiger charge is -2.31. The summed E-state index contributed by atoms with van der Waals surface area (Å²) in [4.78, 5) is 15.1. The third-order valence-corrected chi connectivity index (χ3v) is 6.37. The lowest BCUT2D eigenvalue weighted by atomic mass is 10.0. The Labute approximate surface area is 195 Å². The third-order valence-electron chi connectivity index (χ3n) is 6.37. The molecule has 1 aliphatic carbocycles. The van der Waals surface area contributed by atoms with Crippen LogP contribution in [0.1, 0.15) is 29.9 Å². The summed E-state index contributed by atoms with van der Waals surface area (Å²) < 4.78 is 0. The minimum atomic E-state index is -0.189. The van der Waals surface area contributed by atoms with Crippen molar-refractivity contribution in [3.63, 3.8) is 0 Å². The molecule has 1 saturated carbocycles. The molecule has 0 unspecified atom stereocenters. The first-order valence-corrected chi connectivity index (χ1v) is 11.7. The number of rotatable bonds is 6. The molecule has 2 fully saturated rings. The Hall–Kier alpha value is -3.57. The molecule has 4 N–H and O–H groups in total. The van der Waals surface area contributed by atoms with Gasteiger partial charge in [0.15, 0.2) is 0 Å². The van der Waals surface area contributed by atoms with Crippen LogP contribution in [0.3, 0.4) is 0 Å². The monoisotopic (exact) mass is 438 g/mol. The van der Waals surface area contributed by atoms with Gasteiger partial charge in [0.1, 0.15) is 0 Å². The number of hydrogen-bond acceptors (Lipinski definition) is 4. The molecule has 1 saturated heterocycles. The topological polar surface area (TPSA) is 70.4 Å². The number of nitrogens with two attached hydrogens (primary N) is 1. The first-order chi connectivity index (χ1) is 16.2. The van der Waals surface area contributed by atoms with Crippen LogP contribution >= 0.6 is 0 Å². The van der Waals surface area contributed by atoms with Crippen molar-refractivity contribution in [1.82, 2.24) is 5.32 Å². The van der Waals surface area contributed by atoms with E-state index in [0.717, 1.165) is 42.9 Å². The highest BCUT2D eigenvalue weighted by Crippen LogP contribution is 2.45. The van der Waals surface area contributed by atoms with Crippen LogP contribution in [0.15, 0.2) is 72.8 Å². The zero-order chi connectivity index (χ0) is 22.6. The van der Waals surface area contributed by atoms with E-state index in [1.54, 1.807) is 6.08 Å². The van der Waals surface area contributed by atoms with Crippen LogP contribution in [-0.4, -0.2) is 32.1 Å². The molecule has 0 atom stereocenters. The summed E-state index contributed by atoms with van der Waals surface area (Å²) >= 11 is 0. The van der Waals surface area contributed by atoms with E-state index in [1.807, 2.05) is 54.6 Å². The Kier molecular flexibility index (Phi) is 6.13. The second kappa shape index (κ2) is 9.51. The van der Waals surface area contributed by atoms with Gasteiger partial charge in [-0.3, -0.25) is 4.79 Å². The maximum Gasteiger partial charge on any atom is 0.248 e. The molecule has 3 aromatic rings. The highest BCUT2D eigenvalue weighted by molar-refractivity contribution is 6.04. The van der Waals surface area contributed by atoms with E-state index in [1.165, 1.54) is 24.1 Å². The second-order valence-electron chi connectivity index (χ2n) is 8.82. The third kappa shape index (κ3) is 5.10. The zero-order valence-corrected chi connectivity index (χ0v) is 18.8. The highest BCUT2D eigenvalue weighted by Gasteiger charge is 2.28. The Balaban J connectivity index is 1.31. The van der Waals surface area contributed by atoms with Gasteiger partial charge in [-0.25, -0.2) is 0 Å². The number of carbonyl (C=O) groups is 1. The summed E-state index contributed by atoms with van der Waals surface area (Å²) in [6.45, 7) is 4.14. The Bertz CT molecular complexity index is 1160. The summed E-state index contributed by atoms with van der Waals surface area (Å²) in [6.07, 6.45) is 5.98. The molecule has 3 aromatic carbocycles. The van der Waals surface area contributed by atoms with Crippen molar-refractivity contribution in [1.29, 1.82) is 0 Å². The van der Waals surface area contributed by atoms with Crippen LogP contribution in [-0.2, 0) is 4.79 Å². The van der Waals surface area contributed by atoms with Crippen molar-refractivity contribution in [3.8, 4) is 11.1 Å². The normalized spacial score (nSPS) is 16.2. The second-order valence-corrected chi connectivity index (χ2v) is 8.82. The maximum absolute atomic E-state index is 12.7. The number of anilines is 3. The zero-order valence-electron chi connectivity index (χ0n) is 18.8. The largest absolute Gasteiger partial charge is 0.397 e. The molecule has 5 rings (SSSR count). The van der Waals surface area contributed by atoms with Crippen LogP contribution in [0.4, 0.5) is 17.1 Å². The molecular weight excluding hydrogens is 408 g/mol. The fraction of sp³-hybridized carbons (Fsp3) is 0.250. The van der Waals surface area contributed by atoms with Crippen LogP contribution in [0.25, 0.3) is 17.2 Å². The summed E-state index contributed by atoms with van der Waals surface area (Å²) in [5, 5.41) is 6.36. The average molecular weight is 439 g/mol. The molecule has 5 nitrogen and oxygen atoms in total. The van der Waals surface area contributed by atoms with Gasteiger partial charge in [0.2, 0.25) is 5.91 Å². The fourth-order valence-corrected chi connectivity index (χ4v) is 4.41. The number of benzene rings is 3. The number of amides is 1. The number of piperazine rings is 1. The Morgan fingerprint density at radius 3 is 2.52 bits per heavy atom. The van der Waals surface area contributed by atoms with Crippen LogP contribution in [0.5, 0.6) is 0 Å². The number of carbonyl (C=O) groups excluding carboxylic acids is 1. The van der Waals surface area contributed by atoms with Crippen molar-refractivity contribution >= 4 is 29.0 Å². The van der Waals surface area contributed by atoms with Crippen molar-refractivity contribution < 1.29 is 4.79 Å². The van der Waals surface area contributed by atoms with Crippen LogP contribution in [0, 0.1) is 0 Å². The van der Waals surface area contributed by atoms with Gasteiger partial charge in [0, 0.05) is 37.9 Å². The first kappa shape index (κ1) is 21.3. The maximum atomic E-state index is 12.7. The number of nitrogens with one attached hydrogen (secondary N) is 2. The molecule has 0 aromatic heterocycles. The average Bonchev–Trinajstić information content (AvgIpc) is 3.71. The van der Waals surface area contributed by atoms with Crippen molar-refractivity contribution in [2.75, 3.05) is 42.1 Å². The molecule has 0 spiro atoms. The number of hydrogen-bond donors (Lipinski definition) is 3. The van der Waals surface area contributed by atoms with Crippen molar-refractivity contribution in [3.05, 3.63) is 83.9 Å². The molecule has 2 aliphatic rings. The lowest BCUT2D eigenvalue weighted by molar-refractivity contribution is -0.111. The molecule has 1 heterocycles. The van der Waals surface area contributed by atoms with E-state index in [0.29, 0.717) is 17.3 Å². The molecule has 1 aliphatic heterocycles. The summed E-state index contributed by atoms with van der Waals surface area (Å²) in [7, 11) is 0. The predicted molar refractivity (Wildman–Crippen MR) is 137 cm³/mol. The van der Waals surface area contributed by atoms with E-state index in [2.05, 4.69) is 33.7 Å². The van der Waals surface area contributed by atoms with Gasteiger partial charge in [-0.15, -0.1) is 0 Å². The minimum Gasteiger partial charge on any atom is -0.397 e. The van der Waals surface area contributed by atoms with Gasteiger partial charge in [-0.05, 0) is 71.4 Å². The SMILES string of the molecule is Nc1ccc(-c2ccccc2)cc1NC(=O)/C=C/c1ccc(N2CCNCC2)c(C2CC2)c1. The summed E-state index contributed by atoms with van der Waals surface area (Å²) in [6, 6.07) is 22.4. The van der Waals surface area contributed by atoms with Crippen molar-refractivity contribution in [2.24, 2.45) is 0 Å². The predicted octanol–water partition coefficient (Wildman–Crippen LogP) is 4.87. The van der Waals surface area contributed by atoms with Crippen LogP contribution in [0.2, 0.25) is 0 Å². The smallest absolute Gasteiger partial charge is 0.248 e. The van der Waals surface area contributed by atoms with Gasteiger partial charge in [0.05, 0.1) is 11.4 Å². The van der Waals surface area contributed by atoms with Crippen molar-refractivity contribution in [2.45, 2.75) is 18.8 Å². The fourth-order valence-electron chi connectivity index (χ4n) is 4.41. The Morgan fingerprint density at radius 1 is 0.970 bits per heavy atom. The van der Waals surface area contributed by atoms with Gasteiger partial charge in [0.25, 0.3) is 0 Å². The summed E-state index contributed by atoms with van der Waals surface area (Å²) in [5.74, 6) is 0.462. The minimum absolute atomic E-state index is 0.189. The van der Waals surface area contributed by atoms with Gasteiger partial charge in [-0.2, -0.15) is 0 Å². The molecule has 0 radical (unpaired) electrons. The summed E-state index contributed by atoms with van der Waals surface area (Å²) in [5.41, 5.74) is 13.2. The Morgan fingerprint density at radius 2 is 1.76 bits per heavy atom. The number of nitrogens with zero attached hydrogens (tertiary/aromatic N) is 1. The van der Waals surface area contributed by atoms with E-state index in [-0.39, 0.29) is 5.91 Å². The van der Waals surface area contributed by atoms with Crippen LogP contribution < -0.4 is 21.3 Å². The quantitative estimate of drug-likeness (QED) is 0.379. The standard InChI is InChI=1S/C28H30N4O/c29-25-11-10-23(21-4-2-1-3-5-21)19-26(25)31-28(33)13-7-20-6-12-27(24(18-20)22-8-9-22)32-16-14-30-15-17-32/h1-7,10-13,18-19,22,30H,8-9,14-17,29H2,(H,31,33)/b13-7+. The number of nitrogen functional groups attached to an aromatic ring is 1.